The van der Waals surface area contributed by atoms with Crippen LogP contribution in [-0.2, 0) is 0 Å². The minimum atomic E-state index is 0.698. The molecule has 1 fully saturated rings. The average Bonchev–Trinajstić information content (AvgIpc) is 2.55. The van der Waals surface area contributed by atoms with Gasteiger partial charge in [-0.2, -0.15) is 0 Å². The Bertz CT molecular complexity index is 159. The fourth-order valence-electron chi connectivity index (χ4n) is 3.33. The number of hydrogen-bond donors (Lipinski definition) is 0. The molecule has 3 atom stereocenters. The molecule has 0 N–H and O–H groups in total. The molecule has 0 amide bonds. The first-order valence-corrected chi connectivity index (χ1v) is 6.04. The van der Waals surface area contributed by atoms with E-state index in [4.69, 9.17) is 0 Å². The monoisotopic (exact) mass is 182 g/mol. The van der Waals surface area contributed by atoms with Crippen LogP contribution in [0.1, 0.15) is 60.3 Å². The Balaban J connectivity index is 2.33. The molecule has 0 aromatic rings. The smallest absolute Gasteiger partial charge is 0.0264 e. The largest absolute Gasteiger partial charge is 0.0654 e. The van der Waals surface area contributed by atoms with Crippen LogP contribution in [0.5, 0.6) is 0 Å². The molecular weight excluding hydrogens is 156 g/mol. The first-order chi connectivity index (χ1) is 6.04. The van der Waals surface area contributed by atoms with Crippen LogP contribution in [0, 0.1) is 23.2 Å². The van der Waals surface area contributed by atoms with E-state index >= 15 is 0 Å². The topological polar surface area (TPSA) is 0 Å². The summed E-state index contributed by atoms with van der Waals surface area (Å²) in [4.78, 5) is 0. The lowest BCUT2D eigenvalue weighted by Crippen LogP contribution is -2.03. The zero-order valence-corrected chi connectivity index (χ0v) is 10.1. The van der Waals surface area contributed by atoms with Crippen LogP contribution in [0.3, 0.4) is 0 Å². The molecule has 3 unspecified atom stereocenters. The van der Waals surface area contributed by atoms with Gasteiger partial charge in [0.25, 0.3) is 0 Å². The Labute approximate surface area is 84.1 Å². The highest BCUT2D eigenvalue weighted by atomic mass is 14.6. The maximum absolute atomic E-state index is 2.50. The van der Waals surface area contributed by atoms with Crippen molar-refractivity contribution in [2.75, 3.05) is 0 Å². The van der Waals surface area contributed by atoms with E-state index in [2.05, 4.69) is 34.6 Å². The molecule has 0 aliphatic heterocycles. The van der Waals surface area contributed by atoms with Crippen molar-refractivity contribution in [3.63, 3.8) is 0 Å². The lowest BCUT2D eigenvalue weighted by Gasteiger charge is -2.12. The third-order valence-electron chi connectivity index (χ3n) is 4.27. The number of rotatable bonds is 5. The summed E-state index contributed by atoms with van der Waals surface area (Å²) in [6, 6.07) is 0. The Hall–Kier alpha value is 0. The second kappa shape index (κ2) is 4.02. The molecule has 0 spiro atoms. The molecule has 1 aliphatic carbocycles. The Morgan fingerprint density at radius 1 is 1.23 bits per heavy atom. The summed E-state index contributed by atoms with van der Waals surface area (Å²) >= 11 is 0. The number of unbranched alkanes of at least 4 members (excludes halogenated alkanes) is 2. The Morgan fingerprint density at radius 2 is 1.85 bits per heavy atom. The SMILES string of the molecule is CCCCCC1(C)C(C)C1C(C)C. The van der Waals surface area contributed by atoms with Crippen molar-refractivity contribution >= 4 is 0 Å². The van der Waals surface area contributed by atoms with Gasteiger partial charge in [-0.05, 0) is 29.6 Å². The van der Waals surface area contributed by atoms with Crippen LogP contribution in [0.15, 0.2) is 0 Å². The summed E-state index contributed by atoms with van der Waals surface area (Å²) in [7, 11) is 0. The van der Waals surface area contributed by atoms with Gasteiger partial charge in [0.1, 0.15) is 0 Å². The molecule has 1 saturated carbocycles. The van der Waals surface area contributed by atoms with Crippen LogP contribution in [-0.4, -0.2) is 0 Å². The highest BCUT2D eigenvalue weighted by Crippen LogP contribution is 2.64. The molecule has 0 aromatic heterocycles. The minimum absolute atomic E-state index is 0.698. The highest BCUT2D eigenvalue weighted by Gasteiger charge is 2.57. The quantitative estimate of drug-likeness (QED) is 0.549. The maximum atomic E-state index is 2.50. The van der Waals surface area contributed by atoms with Crippen molar-refractivity contribution in [1.29, 1.82) is 0 Å². The first kappa shape index (κ1) is 11.1. The van der Waals surface area contributed by atoms with Gasteiger partial charge in [-0.3, -0.25) is 0 Å². The average molecular weight is 182 g/mol. The molecule has 0 nitrogen and oxygen atoms in total. The van der Waals surface area contributed by atoms with Gasteiger partial charge in [-0.25, -0.2) is 0 Å². The van der Waals surface area contributed by atoms with E-state index in [9.17, 15) is 0 Å². The fraction of sp³-hybridized carbons (Fsp3) is 1.00. The van der Waals surface area contributed by atoms with Crippen molar-refractivity contribution in [2.24, 2.45) is 23.2 Å². The molecule has 0 aromatic carbocycles. The predicted molar refractivity (Wildman–Crippen MR) is 59.7 cm³/mol. The molecule has 1 aliphatic rings. The van der Waals surface area contributed by atoms with E-state index in [1.54, 1.807) is 0 Å². The summed E-state index contributed by atoms with van der Waals surface area (Å²) < 4.78 is 0. The van der Waals surface area contributed by atoms with Gasteiger partial charge < -0.3 is 0 Å². The Morgan fingerprint density at radius 3 is 2.23 bits per heavy atom. The maximum Gasteiger partial charge on any atom is -0.0264 e. The van der Waals surface area contributed by atoms with Crippen LogP contribution >= 0.6 is 0 Å². The zero-order chi connectivity index (χ0) is 10.1. The molecule has 0 heterocycles. The summed E-state index contributed by atoms with van der Waals surface area (Å²) in [6.07, 6.45) is 5.69. The van der Waals surface area contributed by atoms with E-state index < -0.39 is 0 Å². The molecule has 78 valence electrons. The number of hydrogen-bond acceptors (Lipinski definition) is 0. The van der Waals surface area contributed by atoms with Gasteiger partial charge in [-0.1, -0.05) is 53.9 Å². The van der Waals surface area contributed by atoms with Crippen LogP contribution < -0.4 is 0 Å². The second-order valence-electron chi connectivity index (χ2n) is 5.52. The summed E-state index contributed by atoms with van der Waals surface area (Å²) in [5.74, 6) is 2.87. The van der Waals surface area contributed by atoms with E-state index in [1.807, 2.05) is 0 Å². The van der Waals surface area contributed by atoms with Gasteiger partial charge in [0, 0.05) is 0 Å². The summed E-state index contributed by atoms with van der Waals surface area (Å²) in [5.41, 5.74) is 0.698. The highest BCUT2D eigenvalue weighted by molar-refractivity contribution is 5.06. The predicted octanol–water partition coefficient (Wildman–Crippen LogP) is 4.49. The molecule has 0 bridgehead atoms. The van der Waals surface area contributed by atoms with Gasteiger partial charge in [0.05, 0.1) is 0 Å². The molecule has 1 rings (SSSR count). The third-order valence-corrected chi connectivity index (χ3v) is 4.27. The van der Waals surface area contributed by atoms with Crippen LogP contribution in [0.4, 0.5) is 0 Å². The van der Waals surface area contributed by atoms with Crippen molar-refractivity contribution < 1.29 is 0 Å². The van der Waals surface area contributed by atoms with Gasteiger partial charge in [0.15, 0.2) is 0 Å². The minimum Gasteiger partial charge on any atom is -0.0654 e. The fourth-order valence-corrected chi connectivity index (χ4v) is 3.33. The van der Waals surface area contributed by atoms with Gasteiger partial charge >= 0.3 is 0 Å². The normalized spacial score (nSPS) is 38.3. The molecule has 0 heteroatoms. The van der Waals surface area contributed by atoms with Gasteiger partial charge in [-0.15, -0.1) is 0 Å². The molecule has 0 saturated heterocycles. The molecular formula is C13H26. The molecule has 13 heavy (non-hydrogen) atoms. The van der Waals surface area contributed by atoms with Crippen molar-refractivity contribution in [2.45, 2.75) is 60.3 Å². The van der Waals surface area contributed by atoms with E-state index in [0.717, 1.165) is 17.8 Å². The third kappa shape index (κ3) is 2.08. The zero-order valence-electron chi connectivity index (χ0n) is 10.1. The van der Waals surface area contributed by atoms with Crippen LogP contribution in [0.2, 0.25) is 0 Å². The van der Waals surface area contributed by atoms with E-state index in [0.29, 0.717) is 5.41 Å². The first-order valence-electron chi connectivity index (χ1n) is 6.04. The van der Waals surface area contributed by atoms with Crippen molar-refractivity contribution in [3.05, 3.63) is 0 Å². The van der Waals surface area contributed by atoms with Gasteiger partial charge in [0.2, 0.25) is 0 Å². The van der Waals surface area contributed by atoms with Crippen molar-refractivity contribution in [1.82, 2.24) is 0 Å². The Kier molecular flexibility index (Phi) is 3.43. The van der Waals surface area contributed by atoms with E-state index in [1.165, 1.54) is 25.7 Å². The standard InChI is InChI=1S/C13H26/c1-6-7-8-9-13(5)11(4)12(13)10(2)3/h10-12H,6-9H2,1-5H3. The second-order valence-corrected chi connectivity index (χ2v) is 5.52. The van der Waals surface area contributed by atoms with Crippen LogP contribution in [0.25, 0.3) is 0 Å². The lowest BCUT2D eigenvalue weighted by atomic mass is 9.93. The van der Waals surface area contributed by atoms with E-state index in [-0.39, 0.29) is 0 Å². The summed E-state index contributed by atoms with van der Waals surface area (Å²) in [6.45, 7) is 12.0. The van der Waals surface area contributed by atoms with Crippen molar-refractivity contribution in [3.8, 4) is 0 Å². The summed E-state index contributed by atoms with van der Waals surface area (Å²) in [5, 5.41) is 0. The lowest BCUT2D eigenvalue weighted by molar-refractivity contribution is 0.380. The molecule has 0 radical (unpaired) electrons.